The Morgan fingerprint density at radius 3 is 2.42 bits per heavy atom. The van der Waals surface area contributed by atoms with Crippen LogP contribution in [0.5, 0.6) is 0 Å². The van der Waals surface area contributed by atoms with Crippen LogP contribution in [0.15, 0.2) is 78.1 Å². The number of pyridine rings is 1. The van der Waals surface area contributed by atoms with Gasteiger partial charge in [0, 0.05) is 36.7 Å². The van der Waals surface area contributed by atoms with E-state index in [1.54, 1.807) is 24.6 Å². The van der Waals surface area contributed by atoms with Crippen LogP contribution >= 0.6 is 0 Å². The SMILES string of the molecule is CC(Nc1cc(-c2c(-c3ccc(F)cc3)nc(S(C)=O)n2C)ccn1)c1ccccc1. The zero-order valence-electron chi connectivity index (χ0n) is 17.5. The van der Waals surface area contributed by atoms with E-state index in [4.69, 9.17) is 0 Å². The Kier molecular flexibility index (Phi) is 5.95. The molecule has 2 atom stereocenters. The number of aromatic nitrogens is 3. The third kappa shape index (κ3) is 4.41. The van der Waals surface area contributed by atoms with Crippen molar-refractivity contribution in [1.29, 1.82) is 0 Å². The normalized spacial score (nSPS) is 13.0. The molecule has 0 saturated heterocycles. The first-order valence-corrected chi connectivity index (χ1v) is 11.4. The molecule has 2 aromatic heterocycles. The third-order valence-electron chi connectivity index (χ3n) is 5.13. The van der Waals surface area contributed by atoms with Crippen LogP contribution in [-0.2, 0) is 17.8 Å². The zero-order valence-corrected chi connectivity index (χ0v) is 18.4. The second-order valence-corrected chi connectivity index (χ2v) is 8.59. The quantitative estimate of drug-likeness (QED) is 0.453. The average Bonchev–Trinajstić information content (AvgIpc) is 3.12. The molecule has 0 spiro atoms. The monoisotopic (exact) mass is 434 g/mol. The molecule has 0 amide bonds. The molecule has 5 nitrogen and oxygen atoms in total. The van der Waals surface area contributed by atoms with Crippen molar-refractivity contribution >= 4 is 16.6 Å². The molecule has 2 unspecified atom stereocenters. The van der Waals surface area contributed by atoms with E-state index in [1.165, 1.54) is 12.1 Å². The van der Waals surface area contributed by atoms with Crippen molar-refractivity contribution in [1.82, 2.24) is 14.5 Å². The number of benzene rings is 2. The van der Waals surface area contributed by atoms with Gasteiger partial charge in [0.05, 0.1) is 22.2 Å². The molecule has 0 bridgehead atoms. The van der Waals surface area contributed by atoms with Crippen molar-refractivity contribution in [2.45, 2.75) is 18.1 Å². The number of rotatable bonds is 6. The summed E-state index contributed by atoms with van der Waals surface area (Å²) in [5.74, 6) is 0.407. The maximum absolute atomic E-state index is 13.5. The average molecular weight is 435 g/mol. The van der Waals surface area contributed by atoms with E-state index in [-0.39, 0.29) is 11.9 Å². The highest BCUT2D eigenvalue weighted by molar-refractivity contribution is 7.84. The van der Waals surface area contributed by atoms with Crippen molar-refractivity contribution in [3.05, 3.63) is 84.3 Å². The van der Waals surface area contributed by atoms with Gasteiger partial charge in [-0.3, -0.25) is 4.21 Å². The highest BCUT2D eigenvalue weighted by Crippen LogP contribution is 2.34. The molecule has 0 saturated carbocycles. The molecule has 0 radical (unpaired) electrons. The van der Waals surface area contributed by atoms with E-state index >= 15 is 0 Å². The zero-order chi connectivity index (χ0) is 22.0. The van der Waals surface area contributed by atoms with E-state index < -0.39 is 10.8 Å². The van der Waals surface area contributed by atoms with Gasteiger partial charge in [-0.1, -0.05) is 30.3 Å². The van der Waals surface area contributed by atoms with Gasteiger partial charge in [0.15, 0.2) is 5.16 Å². The van der Waals surface area contributed by atoms with Crippen LogP contribution in [0.3, 0.4) is 0 Å². The van der Waals surface area contributed by atoms with Gasteiger partial charge in [0.1, 0.15) is 11.6 Å². The number of hydrogen-bond acceptors (Lipinski definition) is 4. The fourth-order valence-corrected chi connectivity index (χ4v) is 4.28. The van der Waals surface area contributed by atoms with Gasteiger partial charge in [0.2, 0.25) is 0 Å². The number of nitrogens with one attached hydrogen (secondary N) is 1. The molecule has 7 heteroatoms. The Labute approximate surface area is 183 Å². The summed E-state index contributed by atoms with van der Waals surface area (Å²) in [5, 5.41) is 3.89. The molecular weight excluding hydrogens is 411 g/mol. The lowest BCUT2D eigenvalue weighted by molar-refractivity contribution is 0.628. The van der Waals surface area contributed by atoms with Crippen molar-refractivity contribution in [3.63, 3.8) is 0 Å². The van der Waals surface area contributed by atoms with Crippen LogP contribution in [0, 0.1) is 5.82 Å². The van der Waals surface area contributed by atoms with Gasteiger partial charge < -0.3 is 9.88 Å². The number of nitrogens with zero attached hydrogens (tertiary/aromatic N) is 3. The Morgan fingerprint density at radius 1 is 1.03 bits per heavy atom. The van der Waals surface area contributed by atoms with Gasteiger partial charge in [-0.05, 0) is 48.9 Å². The number of anilines is 1. The minimum Gasteiger partial charge on any atom is -0.364 e. The maximum Gasteiger partial charge on any atom is 0.199 e. The molecular formula is C24H23FN4OS. The van der Waals surface area contributed by atoms with Gasteiger partial charge >= 0.3 is 0 Å². The molecule has 158 valence electrons. The van der Waals surface area contributed by atoms with Crippen molar-refractivity contribution in [2.24, 2.45) is 7.05 Å². The lowest BCUT2D eigenvalue weighted by atomic mass is 10.0. The minimum atomic E-state index is -1.27. The second-order valence-electron chi connectivity index (χ2n) is 7.32. The molecule has 4 aromatic rings. The second kappa shape index (κ2) is 8.81. The van der Waals surface area contributed by atoms with Gasteiger partial charge in [0.25, 0.3) is 0 Å². The highest BCUT2D eigenvalue weighted by Gasteiger charge is 2.20. The summed E-state index contributed by atoms with van der Waals surface area (Å²) >= 11 is 0. The molecule has 0 aliphatic rings. The van der Waals surface area contributed by atoms with Gasteiger partial charge in [-0.15, -0.1) is 0 Å². The van der Waals surface area contributed by atoms with Crippen LogP contribution in [0.4, 0.5) is 10.2 Å². The molecule has 0 aliphatic heterocycles. The molecule has 0 aliphatic carbocycles. The predicted octanol–water partition coefficient (Wildman–Crippen LogP) is 5.20. The maximum atomic E-state index is 13.5. The van der Waals surface area contributed by atoms with Crippen molar-refractivity contribution in [2.75, 3.05) is 11.6 Å². The third-order valence-corrected chi connectivity index (χ3v) is 6.01. The summed E-state index contributed by atoms with van der Waals surface area (Å²) in [6, 6.07) is 20.2. The smallest absolute Gasteiger partial charge is 0.199 e. The van der Waals surface area contributed by atoms with Gasteiger partial charge in [-0.2, -0.15) is 0 Å². The van der Waals surface area contributed by atoms with Crippen LogP contribution in [-0.4, -0.2) is 25.0 Å². The summed E-state index contributed by atoms with van der Waals surface area (Å²) in [7, 11) is 0.565. The Morgan fingerprint density at radius 2 is 1.74 bits per heavy atom. The molecule has 2 heterocycles. The molecule has 1 N–H and O–H groups in total. The summed E-state index contributed by atoms with van der Waals surface area (Å²) in [6.45, 7) is 2.08. The molecule has 2 aromatic carbocycles. The molecule has 31 heavy (non-hydrogen) atoms. The lowest BCUT2D eigenvalue weighted by Crippen LogP contribution is -2.08. The number of hydrogen-bond donors (Lipinski definition) is 1. The summed E-state index contributed by atoms with van der Waals surface area (Å²) in [5.41, 5.74) is 4.25. The van der Waals surface area contributed by atoms with Crippen molar-refractivity contribution in [3.8, 4) is 22.5 Å². The van der Waals surface area contributed by atoms with Crippen LogP contribution in [0.2, 0.25) is 0 Å². The van der Waals surface area contributed by atoms with Crippen molar-refractivity contribution < 1.29 is 8.60 Å². The Hall–Kier alpha value is -3.32. The first-order valence-electron chi connectivity index (χ1n) is 9.88. The van der Waals surface area contributed by atoms with Crippen LogP contribution in [0.1, 0.15) is 18.5 Å². The fraction of sp³-hybridized carbons (Fsp3) is 0.167. The first kappa shape index (κ1) is 20.9. The lowest BCUT2D eigenvalue weighted by Gasteiger charge is -2.16. The van der Waals surface area contributed by atoms with E-state index in [1.807, 2.05) is 41.9 Å². The molecule has 4 rings (SSSR count). The Balaban J connectivity index is 1.76. The van der Waals surface area contributed by atoms with E-state index in [9.17, 15) is 8.60 Å². The summed E-state index contributed by atoms with van der Waals surface area (Å²) in [6.07, 6.45) is 3.33. The standard InChI is InChI=1S/C24H23FN4OS/c1-16(17-7-5-4-6-8-17)27-21-15-19(13-14-26-21)23-22(18-9-11-20(25)12-10-18)28-24(29(23)2)31(3)30/h4-16H,1-3H3,(H,26,27). The predicted molar refractivity (Wildman–Crippen MR) is 123 cm³/mol. The highest BCUT2D eigenvalue weighted by atomic mass is 32.2. The fourth-order valence-electron chi connectivity index (χ4n) is 3.58. The van der Waals surface area contributed by atoms with Crippen LogP contribution < -0.4 is 5.32 Å². The molecule has 0 fully saturated rings. The first-order chi connectivity index (χ1) is 14.9. The van der Waals surface area contributed by atoms with E-state index in [2.05, 4.69) is 34.3 Å². The largest absolute Gasteiger partial charge is 0.364 e. The topological polar surface area (TPSA) is 59.8 Å². The van der Waals surface area contributed by atoms with Crippen LogP contribution in [0.25, 0.3) is 22.5 Å². The Bertz CT molecular complexity index is 1220. The van der Waals surface area contributed by atoms with Gasteiger partial charge in [-0.25, -0.2) is 14.4 Å². The van der Waals surface area contributed by atoms with E-state index in [0.717, 1.165) is 28.2 Å². The number of imidazole rings is 1. The summed E-state index contributed by atoms with van der Waals surface area (Å²) < 4.78 is 27.6. The van der Waals surface area contributed by atoms with E-state index in [0.29, 0.717) is 10.9 Å². The summed E-state index contributed by atoms with van der Waals surface area (Å²) in [4.78, 5) is 9.09. The number of halogens is 1. The minimum absolute atomic E-state index is 0.0748.